The van der Waals surface area contributed by atoms with Crippen LogP contribution in [0.2, 0.25) is 0 Å². The first-order valence-corrected chi connectivity index (χ1v) is 9.44. The van der Waals surface area contributed by atoms with Crippen molar-refractivity contribution in [3.8, 4) is 11.5 Å². The van der Waals surface area contributed by atoms with Gasteiger partial charge in [-0.3, -0.25) is 4.79 Å². The Kier molecular flexibility index (Phi) is 6.63. The van der Waals surface area contributed by atoms with E-state index in [0.717, 1.165) is 11.4 Å². The van der Waals surface area contributed by atoms with Crippen molar-refractivity contribution in [3.63, 3.8) is 0 Å². The normalized spacial score (nSPS) is 10.5. The summed E-state index contributed by atoms with van der Waals surface area (Å²) in [5.74, 6) is 1.59. The van der Waals surface area contributed by atoms with Gasteiger partial charge < -0.3 is 20.1 Å². The minimum Gasteiger partial charge on any atom is -0.492 e. The van der Waals surface area contributed by atoms with Gasteiger partial charge in [-0.05, 0) is 57.2 Å². The molecule has 0 atom stereocenters. The summed E-state index contributed by atoms with van der Waals surface area (Å²) in [6.45, 7) is 6.36. The van der Waals surface area contributed by atoms with Gasteiger partial charge >= 0.3 is 0 Å². The van der Waals surface area contributed by atoms with Crippen LogP contribution in [0.4, 0.5) is 17.2 Å². The lowest BCUT2D eigenvalue weighted by atomic mass is 10.3. The first kappa shape index (κ1) is 20.1. The van der Waals surface area contributed by atoms with Crippen LogP contribution in [0.25, 0.3) is 0 Å². The maximum absolute atomic E-state index is 12.5. The molecule has 1 heterocycles. The van der Waals surface area contributed by atoms with Gasteiger partial charge in [0.2, 0.25) is 0 Å². The Morgan fingerprint density at radius 3 is 2.45 bits per heavy atom. The highest BCUT2D eigenvalue weighted by atomic mass is 16.5. The van der Waals surface area contributed by atoms with Gasteiger partial charge in [0.1, 0.15) is 23.0 Å². The summed E-state index contributed by atoms with van der Waals surface area (Å²) in [7, 11) is 0. The van der Waals surface area contributed by atoms with Gasteiger partial charge in [0.25, 0.3) is 5.91 Å². The summed E-state index contributed by atoms with van der Waals surface area (Å²) < 4.78 is 11.1. The topological polar surface area (TPSA) is 85.4 Å². The molecule has 150 valence electrons. The number of anilines is 3. The van der Waals surface area contributed by atoms with Gasteiger partial charge in [-0.2, -0.15) is 0 Å². The highest BCUT2D eigenvalue weighted by Gasteiger charge is 2.11. The van der Waals surface area contributed by atoms with Crippen LogP contribution in [0.3, 0.4) is 0 Å². The number of rotatable bonds is 8. The molecule has 3 rings (SSSR count). The molecule has 0 aliphatic carbocycles. The van der Waals surface area contributed by atoms with Crippen molar-refractivity contribution < 1.29 is 14.3 Å². The van der Waals surface area contributed by atoms with E-state index >= 15 is 0 Å². The average Bonchev–Trinajstić information content (AvgIpc) is 2.71. The van der Waals surface area contributed by atoms with Gasteiger partial charge in [-0.1, -0.05) is 12.1 Å². The highest BCUT2D eigenvalue weighted by molar-refractivity contribution is 6.03. The van der Waals surface area contributed by atoms with Crippen molar-refractivity contribution in [2.24, 2.45) is 0 Å². The first-order chi connectivity index (χ1) is 14.0. The molecule has 0 radical (unpaired) electrons. The number of hydrogen-bond acceptors (Lipinski definition) is 6. The van der Waals surface area contributed by atoms with Gasteiger partial charge in [-0.25, -0.2) is 9.97 Å². The lowest BCUT2D eigenvalue weighted by Gasteiger charge is -2.11. The molecule has 0 unspecified atom stereocenters. The molecule has 2 aromatic carbocycles. The zero-order chi connectivity index (χ0) is 20.6. The Morgan fingerprint density at radius 2 is 1.79 bits per heavy atom. The molecule has 3 aromatic rings. The monoisotopic (exact) mass is 392 g/mol. The molecule has 29 heavy (non-hydrogen) atoms. The summed E-state index contributed by atoms with van der Waals surface area (Å²) in [6.07, 6.45) is 3.07. The van der Waals surface area contributed by atoms with Crippen molar-refractivity contribution in [2.45, 2.75) is 26.9 Å². The number of carbonyl (C=O) groups excluding carboxylic acids is 1. The predicted molar refractivity (Wildman–Crippen MR) is 113 cm³/mol. The molecule has 0 fully saturated rings. The molecular formula is C22H24N4O3. The van der Waals surface area contributed by atoms with Crippen LogP contribution in [0.15, 0.2) is 60.9 Å². The number of nitrogens with zero attached hydrogens (tertiary/aromatic N) is 2. The smallest absolute Gasteiger partial charge is 0.275 e. The van der Waals surface area contributed by atoms with Crippen LogP contribution in [-0.4, -0.2) is 28.6 Å². The Balaban J connectivity index is 1.63. The van der Waals surface area contributed by atoms with E-state index in [9.17, 15) is 4.79 Å². The summed E-state index contributed by atoms with van der Waals surface area (Å²) in [5.41, 5.74) is 1.65. The van der Waals surface area contributed by atoms with E-state index in [2.05, 4.69) is 20.6 Å². The summed E-state index contributed by atoms with van der Waals surface area (Å²) >= 11 is 0. The third kappa shape index (κ3) is 5.68. The number of aromatic nitrogens is 2. The van der Waals surface area contributed by atoms with Crippen LogP contribution in [-0.2, 0) is 0 Å². The second-order valence-electron chi connectivity index (χ2n) is 6.49. The molecule has 0 aliphatic rings. The molecule has 0 aliphatic heterocycles. The maximum Gasteiger partial charge on any atom is 0.275 e. The second kappa shape index (κ2) is 9.54. The Hall–Kier alpha value is -3.61. The SMILES string of the molecule is CCOc1ccccc1NC(=O)c1cnc(Nc2ccc(OC(C)C)cc2)cn1. The Labute approximate surface area is 170 Å². The van der Waals surface area contributed by atoms with Gasteiger partial charge in [0.05, 0.1) is 30.8 Å². The number of ether oxygens (including phenoxy) is 2. The van der Waals surface area contributed by atoms with E-state index < -0.39 is 0 Å². The number of hydrogen-bond donors (Lipinski definition) is 2. The summed E-state index contributed by atoms with van der Waals surface area (Å²) in [6, 6.07) is 14.8. The van der Waals surface area contributed by atoms with Crippen LogP contribution in [0, 0.1) is 0 Å². The van der Waals surface area contributed by atoms with Crippen molar-refractivity contribution in [1.82, 2.24) is 9.97 Å². The fourth-order valence-electron chi connectivity index (χ4n) is 2.58. The Bertz CT molecular complexity index is 941. The molecule has 7 nitrogen and oxygen atoms in total. The third-order valence-electron chi connectivity index (χ3n) is 3.82. The number of para-hydroxylation sites is 2. The lowest BCUT2D eigenvalue weighted by molar-refractivity contribution is 0.102. The van der Waals surface area contributed by atoms with Gasteiger partial charge in [0.15, 0.2) is 0 Å². The van der Waals surface area contributed by atoms with E-state index in [4.69, 9.17) is 9.47 Å². The Morgan fingerprint density at radius 1 is 1.03 bits per heavy atom. The van der Waals surface area contributed by atoms with E-state index in [1.807, 2.05) is 57.2 Å². The standard InChI is InChI=1S/C22H24N4O3/c1-4-28-20-8-6-5-7-18(20)26-22(27)19-13-24-21(14-23-19)25-16-9-11-17(12-10-16)29-15(2)3/h5-15H,4H2,1-3H3,(H,24,25)(H,26,27). The molecule has 0 spiro atoms. The van der Waals surface area contributed by atoms with Crippen molar-refractivity contribution in [3.05, 3.63) is 66.6 Å². The first-order valence-electron chi connectivity index (χ1n) is 9.44. The number of carbonyl (C=O) groups is 1. The van der Waals surface area contributed by atoms with Crippen molar-refractivity contribution >= 4 is 23.1 Å². The van der Waals surface area contributed by atoms with Gasteiger partial charge in [0, 0.05) is 5.69 Å². The van der Waals surface area contributed by atoms with Crippen molar-refractivity contribution in [2.75, 3.05) is 17.2 Å². The zero-order valence-electron chi connectivity index (χ0n) is 16.7. The summed E-state index contributed by atoms with van der Waals surface area (Å²) in [4.78, 5) is 20.9. The maximum atomic E-state index is 12.5. The number of benzene rings is 2. The predicted octanol–water partition coefficient (Wildman–Crippen LogP) is 4.66. The van der Waals surface area contributed by atoms with Crippen LogP contribution >= 0.6 is 0 Å². The summed E-state index contributed by atoms with van der Waals surface area (Å²) in [5, 5.41) is 5.95. The van der Waals surface area contributed by atoms with E-state index in [-0.39, 0.29) is 17.7 Å². The highest BCUT2D eigenvalue weighted by Crippen LogP contribution is 2.24. The van der Waals surface area contributed by atoms with E-state index in [1.165, 1.54) is 12.4 Å². The largest absolute Gasteiger partial charge is 0.492 e. The number of amides is 1. The average molecular weight is 392 g/mol. The second-order valence-corrected chi connectivity index (χ2v) is 6.49. The van der Waals surface area contributed by atoms with E-state index in [1.54, 1.807) is 12.1 Å². The van der Waals surface area contributed by atoms with Gasteiger partial charge in [-0.15, -0.1) is 0 Å². The molecule has 1 amide bonds. The number of nitrogens with one attached hydrogen (secondary N) is 2. The molecule has 0 saturated carbocycles. The molecule has 0 saturated heterocycles. The fraction of sp³-hybridized carbons (Fsp3) is 0.227. The van der Waals surface area contributed by atoms with Crippen LogP contribution < -0.4 is 20.1 Å². The third-order valence-corrected chi connectivity index (χ3v) is 3.82. The molecular weight excluding hydrogens is 368 g/mol. The fourth-order valence-corrected chi connectivity index (χ4v) is 2.58. The minimum atomic E-state index is -0.355. The minimum absolute atomic E-state index is 0.124. The van der Waals surface area contributed by atoms with Crippen LogP contribution in [0.5, 0.6) is 11.5 Å². The molecule has 7 heteroatoms. The van der Waals surface area contributed by atoms with E-state index in [0.29, 0.717) is 23.9 Å². The molecule has 0 bridgehead atoms. The molecule has 2 N–H and O–H groups in total. The molecule has 1 aromatic heterocycles. The van der Waals surface area contributed by atoms with Crippen molar-refractivity contribution in [1.29, 1.82) is 0 Å². The quantitative estimate of drug-likeness (QED) is 0.580. The zero-order valence-corrected chi connectivity index (χ0v) is 16.7. The van der Waals surface area contributed by atoms with Crippen LogP contribution in [0.1, 0.15) is 31.3 Å². The lowest BCUT2D eigenvalue weighted by Crippen LogP contribution is -2.15.